The van der Waals surface area contributed by atoms with Crippen LogP contribution in [0.5, 0.6) is 0 Å². The molecule has 5 nitrogen and oxygen atoms in total. The van der Waals surface area contributed by atoms with Crippen molar-refractivity contribution < 1.29 is 38.1 Å². The Labute approximate surface area is 213 Å². The van der Waals surface area contributed by atoms with Crippen molar-refractivity contribution in [1.29, 1.82) is 5.26 Å². The van der Waals surface area contributed by atoms with Gasteiger partial charge in [0, 0.05) is 11.6 Å². The number of amides is 1. The maximum absolute atomic E-state index is 12.7. The van der Waals surface area contributed by atoms with Crippen molar-refractivity contribution in [3.8, 4) is 17.2 Å². The van der Waals surface area contributed by atoms with Gasteiger partial charge >= 0.3 is 0 Å². The molecule has 3 aromatic rings. The second-order valence-corrected chi connectivity index (χ2v) is 8.30. The summed E-state index contributed by atoms with van der Waals surface area (Å²) >= 11 is 0. The predicted molar refractivity (Wildman–Crippen MR) is 124 cm³/mol. The van der Waals surface area contributed by atoms with Gasteiger partial charge in [-0.1, -0.05) is 68.4 Å². The normalized spacial score (nSPS) is 12.3. The van der Waals surface area contributed by atoms with E-state index >= 15 is 0 Å². The first-order valence-corrected chi connectivity index (χ1v) is 10.9. The maximum atomic E-state index is 12.7. The second kappa shape index (κ2) is 13.1. The molecule has 2 atom stereocenters. The second-order valence-electron chi connectivity index (χ2n) is 8.30. The zero-order chi connectivity index (χ0) is 22.9. The summed E-state index contributed by atoms with van der Waals surface area (Å²) in [5.41, 5.74) is 4.20. The van der Waals surface area contributed by atoms with Gasteiger partial charge < -0.3 is 34.0 Å². The average molecular weight is 555 g/mol. The molecule has 0 spiro atoms. The lowest BCUT2D eigenvalue weighted by Crippen LogP contribution is -3.00. The molecule has 0 aliphatic rings. The largest absolute Gasteiger partial charge is 1.00 e. The number of nitriles is 1. The molecule has 1 amide bonds. The fraction of sp³-hybridized carbons (Fsp3) is 0.296. The topological polar surface area (TPSA) is 66.0 Å². The number of aryl methyl sites for hydroxylation is 1. The summed E-state index contributed by atoms with van der Waals surface area (Å²) in [4.78, 5) is 12.7. The van der Waals surface area contributed by atoms with Gasteiger partial charge in [0.15, 0.2) is 12.4 Å². The monoisotopic (exact) mass is 555 g/mol. The molecular formula is C27H30IN3O2. The molecule has 0 aliphatic heterocycles. The zero-order valence-corrected chi connectivity index (χ0v) is 21.4. The average Bonchev–Trinajstić information content (AvgIpc) is 2.80. The van der Waals surface area contributed by atoms with Gasteiger partial charge in [-0.15, -0.1) is 0 Å². The first-order valence-electron chi connectivity index (χ1n) is 10.9. The van der Waals surface area contributed by atoms with E-state index in [2.05, 4.69) is 55.7 Å². The highest BCUT2D eigenvalue weighted by molar-refractivity contribution is 5.81. The first-order chi connectivity index (χ1) is 15.5. The van der Waals surface area contributed by atoms with E-state index in [0.29, 0.717) is 6.42 Å². The number of hydrogen-bond acceptors (Lipinski definition) is 3. The van der Waals surface area contributed by atoms with Gasteiger partial charge in [-0.2, -0.15) is 5.26 Å². The summed E-state index contributed by atoms with van der Waals surface area (Å²) < 4.78 is 8.45. The molecule has 6 heteroatoms. The Kier molecular flexibility index (Phi) is 10.5. The van der Waals surface area contributed by atoms with E-state index in [9.17, 15) is 4.79 Å². The molecule has 1 N–H and O–H groups in total. The number of carbonyl (C=O) groups excluding carboxylic acids is 1. The zero-order valence-electron chi connectivity index (χ0n) is 19.2. The van der Waals surface area contributed by atoms with Crippen LogP contribution in [0.25, 0.3) is 11.1 Å². The van der Waals surface area contributed by atoms with Crippen LogP contribution >= 0.6 is 0 Å². The van der Waals surface area contributed by atoms with Crippen LogP contribution < -0.4 is 33.9 Å². The number of halogens is 1. The highest BCUT2D eigenvalue weighted by atomic mass is 127. The van der Waals surface area contributed by atoms with Gasteiger partial charge in [-0.3, -0.25) is 4.79 Å². The van der Waals surface area contributed by atoms with E-state index < -0.39 is 12.2 Å². The molecule has 1 unspecified atom stereocenters. The minimum Gasteiger partial charge on any atom is -1.00 e. The van der Waals surface area contributed by atoms with Crippen molar-refractivity contribution >= 4 is 5.91 Å². The predicted octanol–water partition coefficient (Wildman–Crippen LogP) is 1.34. The van der Waals surface area contributed by atoms with E-state index in [4.69, 9.17) is 10.00 Å². The maximum Gasteiger partial charge on any atom is 0.250 e. The fourth-order valence-electron chi connectivity index (χ4n) is 3.64. The molecule has 172 valence electrons. The fourth-order valence-corrected chi connectivity index (χ4v) is 3.64. The van der Waals surface area contributed by atoms with Crippen molar-refractivity contribution in [2.75, 3.05) is 6.54 Å². The van der Waals surface area contributed by atoms with Crippen molar-refractivity contribution in [3.63, 3.8) is 0 Å². The van der Waals surface area contributed by atoms with Gasteiger partial charge in [0.05, 0.1) is 6.07 Å². The number of ether oxygens (including phenoxy) is 1. The van der Waals surface area contributed by atoms with E-state index in [0.717, 1.165) is 22.3 Å². The number of aromatic nitrogens is 1. The smallest absolute Gasteiger partial charge is 0.250 e. The number of hydrogen-bond donors (Lipinski definition) is 1. The molecular weight excluding hydrogens is 525 g/mol. The Bertz CT molecular complexity index is 1060. The number of rotatable bonds is 9. The van der Waals surface area contributed by atoms with Crippen LogP contribution in [0.15, 0.2) is 79.1 Å². The summed E-state index contributed by atoms with van der Waals surface area (Å²) in [7, 11) is 2.00. The first kappa shape index (κ1) is 26.5. The van der Waals surface area contributed by atoms with E-state index in [-0.39, 0.29) is 42.3 Å². The van der Waals surface area contributed by atoms with Crippen LogP contribution in [0.3, 0.4) is 0 Å². The Balaban J connectivity index is 0.00000385. The van der Waals surface area contributed by atoms with Crippen LogP contribution in [0.4, 0.5) is 0 Å². The lowest BCUT2D eigenvalue weighted by molar-refractivity contribution is -0.671. The van der Waals surface area contributed by atoms with E-state index in [1.807, 2.05) is 60.3 Å². The van der Waals surface area contributed by atoms with Crippen LogP contribution in [0, 0.1) is 17.2 Å². The third kappa shape index (κ3) is 7.65. The standard InChI is InChI=1S/C27H29N3O2.HI/c1-20(2)18-25(27(31)29-16-15-28)32-26(22-8-5-4-6-9-22)23-13-11-21(12-14-23)24-10-7-17-30(3)19-24;/h4-14,17,19-20,25-26H,16,18H2,1-3H3;1H/t25-,26?;/m0./s1. The minimum absolute atomic E-state index is 0. The third-order valence-corrected chi connectivity index (χ3v) is 5.21. The number of benzene rings is 2. The molecule has 0 fully saturated rings. The van der Waals surface area contributed by atoms with Gasteiger partial charge in [-0.25, -0.2) is 4.57 Å². The lowest BCUT2D eigenvalue weighted by Gasteiger charge is -2.26. The van der Waals surface area contributed by atoms with E-state index in [1.54, 1.807) is 0 Å². The van der Waals surface area contributed by atoms with Crippen LogP contribution in [-0.4, -0.2) is 18.6 Å². The van der Waals surface area contributed by atoms with Crippen molar-refractivity contribution in [1.82, 2.24) is 5.32 Å². The molecule has 0 saturated carbocycles. The molecule has 3 rings (SSSR count). The summed E-state index contributed by atoms with van der Waals surface area (Å²) in [5.74, 6) is 0.0139. The van der Waals surface area contributed by atoms with Crippen LogP contribution in [0.1, 0.15) is 37.5 Å². The number of pyridine rings is 1. The van der Waals surface area contributed by atoms with Gasteiger partial charge in [0.25, 0.3) is 0 Å². The van der Waals surface area contributed by atoms with Gasteiger partial charge in [0.2, 0.25) is 5.91 Å². The Morgan fingerprint density at radius 2 is 1.67 bits per heavy atom. The van der Waals surface area contributed by atoms with Crippen molar-refractivity contribution in [2.24, 2.45) is 13.0 Å². The van der Waals surface area contributed by atoms with Crippen molar-refractivity contribution in [2.45, 2.75) is 32.5 Å². The number of carbonyl (C=O) groups is 1. The molecule has 0 radical (unpaired) electrons. The number of nitrogens with one attached hydrogen (secondary N) is 1. The summed E-state index contributed by atoms with van der Waals surface area (Å²) in [6, 6.07) is 24.3. The third-order valence-electron chi connectivity index (χ3n) is 5.21. The highest BCUT2D eigenvalue weighted by Gasteiger charge is 2.26. The molecule has 0 aliphatic carbocycles. The summed E-state index contributed by atoms with van der Waals surface area (Å²) in [6.45, 7) is 4.08. The van der Waals surface area contributed by atoms with Crippen molar-refractivity contribution in [3.05, 3.63) is 90.3 Å². The molecule has 1 heterocycles. The minimum atomic E-state index is -0.651. The molecule has 33 heavy (non-hydrogen) atoms. The molecule has 0 saturated heterocycles. The summed E-state index contributed by atoms with van der Waals surface area (Å²) in [5, 5.41) is 11.5. The molecule has 2 aromatic carbocycles. The lowest BCUT2D eigenvalue weighted by atomic mass is 9.97. The Morgan fingerprint density at radius 1 is 1.00 bits per heavy atom. The van der Waals surface area contributed by atoms with Crippen LogP contribution in [-0.2, 0) is 16.6 Å². The molecule has 0 bridgehead atoms. The Morgan fingerprint density at radius 3 is 2.27 bits per heavy atom. The summed E-state index contributed by atoms with van der Waals surface area (Å²) in [6.07, 6.45) is 3.61. The SMILES string of the molecule is CC(C)C[C@H](OC(c1ccccc1)c1ccc(-c2ccc[n+](C)c2)cc1)C(=O)NCC#N.[I-]. The van der Waals surface area contributed by atoms with Gasteiger partial charge in [0.1, 0.15) is 25.8 Å². The van der Waals surface area contributed by atoms with Crippen LogP contribution in [0.2, 0.25) is 0 Å². The number of nitrogens with zero attached hydrogens (tertiary/aromatic N) is 2. The molecule has 1 aromatic heterocycles. The quantitative estimate of drug-likeness (QED) is 0.246. The highest BCUT2D eigenvalue weighted by Crippen LogP contribution is 2.30. The Hall–Kier alpha value is -2.76. The van der Waals surface area contributed by atoms with E-state index in [1.165, 1.54) is 0 Å². The van der Waals surface area contributed by atoms with Gasteiger partial charge in [-0.05, 0) is 35.1 Å².